The molecule has 2 rings (SSSR count). The lowest BCUT2D eigenvalue weighted by Gasteiger charge is -2.19. The van der Waals surface area contributed by atoms with Crippen LogP contribution in [0.5, 0.6) is 0 Å². The van der Waals surface area contributed by atoms with E-state index in [1.807, 2.05) is 14.1 Å². The Balaban J connectivity index is 0.00000544. The van der Waals surface area contributed by atoms with Gasteiger partial charge in [-0.05, 0) is 69.6 Å². The number of anilines is 1. The summed E-state index contributed by atoms with van der Waals surface area (Å²) in [6.07, 6.45) is -1.19. The Morgan fingerprint density at radius 3 is 1.94 bits per heavy atom. The smallest absolute Gasteiger partial charge is 0.268 e. The van der Waals surface area contributed by atoms with Gasteiger partial charge in [0.2, 0.25) is 5.91 Å². The molecule has 2 aromatic carbocycles. The molecular formula is C24H30N4O5. The molecule has 2 aromatic rings. The maximum atomic E-state index is 12.3. The molecule has 9 heteroatoms. The molecular weight excluding hydrogens is 424 g/mol. The van der Waals surface area contributed by atoms with Crippen molar-refractivity contribution in [2.75, 3.05) is 26.0 Å². The fraction of sp³-hybridized carbons (Fsp3) is 0.292. The van der Waals surface area contributed by atoms with E-state index in [9.17, 15) is 19.5 Å². The lowest BCUT2D eigenvalue weighted by molar-refractivity contribution is -0.133. The second-order valence-corrected chi connectivity index (χ2v) is 7.36. The van der Waals surface area contributed by atoms with Gasteiger partial charge in [-0.2, -0.15) is 0 Å². The molecule has 9 nitrogen and oxygen atoms in total. The van der Waals surface area contributed by atoms with Crippen LogP contribution in [-0.2, 0) is 9.59 Å². The minimum Gasteiger partial charge on any atom is -0.391 e. The Morgan fingerprint density at radius 1 is 0.970 bits per heavy atom. The molecule has 0 radical (unpaired) electrons. The number of nitrogens with zero attached hydrogens (tertiary/aromatic N) is 1. The monoisotopic (exact) mass is 454 g/mol. The second-order valence-electron chi connectivity index (χ2n) is 7.36. The van der Waals surface area contributed by atoms with Crippen molar-refractivity contribution in [3.63, 3.8) is 0 Å². The summed E-state index contributed by atoms with van der Waals surface area (Å²) >= 11 is 0. The zero-order chi connectivity index (χ0) is 23.7. The summed E-state index contributed by atoms with van der Waals surface area (Å²) in [6.45, 7) is 1.62. The Morgan fingerprint density at radius 2 is 1.48 bits per heavy atom. The maximum absolute atomic E-state index is 12.3. The van der Waals surface area contributed by atoms with Crippen LogP contribution in [0.25, 0.3) is 0 Å². The molecule has 0 aliphatic carbocycles. The number of carbonyl (C=O) groups excluding carboxylic acids is 3. The van der Waals surface area contributed by atoms with E-state index in [0.29, 0.717) is 17.8 Å². The van der Waals surface area contributed by atoms with E-state index in [1.54, 1.807) is 53.4 Å². The third kappa shape index (κ3) is 8.74. The number of amides is 3. The van der Waals surface area contributed by atoms with Crippen molar-refractivity contribution >= 4 is 23.4 Å². The van der Waals surface area contributed by atoms with Crippen LogP contribution in [0.1, 0.15) is 35.8 Å². The SMILES string of the molecule is C.C[C@@H](O)[C@H](NC(=O)c1ccc(C#Cc2ccc(NC(=O)CN(C)C)cc2)cc1)C(=O)NO. The lowest BCUT2D eigenvalue weighted by atomic mass is 10.1. The Kier molecular flexibility index (Phi) is 10.7. The average molecular weight is 455 g/mol. The van der Waals surface area contributed by atoms with Crippen LogP contribution in [-0.4, -0.2) is 65.7 Å². The number of aliphatic hydroxyl groups excluding tert-OH is 1. The van der Waals surface area contributed by atoms with Gasteiger partial charge in [0.05, 0.1) is 12.6 Å². The predicted octanol–water partition coefficient (Wildman–Crippen LogP) is 1.21. The molecule has 0 aliphatic heterocycles. The molecule has 0 fully saturated rings. The van der Waals surface area contributed by atoms with E-state index >= 15 is 0 Å². The number of hydrogen-bond donors (Lipinski definition) is 5. The second kappa shape index (κ2) is 13.0. The van der Waals surface area contributed by atoms with E-state index in [4.69, 9.17) is 5.21 Å². The fourth-order valence-corrected chi connectivity index (χ4v) is 2.67. The molecule has 0 spiro atoms. The highest BCUT2D eigenvalue weighted by Gasteiger charge is 2.25. The van der Waals surface area contributed by atoms with E-state index in [2.05, 4.69) is 22.5 Å². The van der Waals surface area contributed by atoms with Crippen molar-refractivity contribution in [3.05, 3.63) is 65.2 Å². The van der Waals surface area contributed by atoms with Crippen molar-refractivity contribution in [2.24, 2.45) is 0 Å². The first-order chi connectivity index (χ1) is 15.2. The maximum Gasteiger partial charge on any atom is 0.268 e. The quantitative estimate of drug-likeness (QED) is 0.243. The fourth-order valence-electron chi connectivity index (χ4n) is 2.67. The van der Waals surface area contributed by atoms with Crippen molar-refractivity contribution in [3.8, 4) is 11.8 Å². The van der Waals surface area contributed by atoms with Gasteiger partial charge in [-0.3, -0.25) is 19.6 Å². The highest BCUT2D eigenvalue weighted by atomic mass is 16.5. The molecule has 0 saturated carbocycles. The van der Waals surface area contributed by atoms with Crippen LogP contribution in [0, 0.1) is 11.8 Å². The summed E-state index contributed by atoms with van der Waals surface area (Å²) in [7, 11) is 3.64. The predicted molar refractivity (Wildman–Crippen MR) is 126 cm³/mol. The van der Waals surface area contributed by atoms with E-state index < -0.39 is 24.0 Å². The molecule has 0 aromatic heterocycles. The first-order valence-electron chi connectivity index (χ1n) is 9.79. The van der Waals surface area contributed by atoms with Crippen LogP contribution in [0.15, 0.2) is 48.5 Å². The van der Waals surface area contributed by atoms with Crippen molar-refractivity contribution < 1.29 is 24.7 Å². The van der Waals surface area contributed by atoms with E-state index in [-0.39, 0.29) is 18.9 Å². The Labute approximate surface area is 193 Å². The Hall–Kier alpha value is -3.71. The number of benzene rings is 2. The molecule has 176 valence electrons. The molecule has 0 bridgehead atoms. The minimum absolute atomic E-state index is 0. The number of rotatable bonds is 7. The van der Waals surface area contributed by atoms with Crippen LogP contribution in [0.4, 0.5) is 5.69 Å². The van der Waals surface area contributed by atoms with Gasteiger partial charge in [-0.25, -0.2) is 5.48 Å². The normalized spacial score (nSPS) is 11.8. The third-order valence-corrected chi connectivity index (χ3v) is 4.29. The molecule has 0 heterocycles. The molecule has 2 atom stereocenters. The van der Waals surface area contributed by atoms with Crippen LogP contribution < -0.4 is 16.1 Å². The van der Waals surface area contributed by atoms with Gasteiger partial charge < -0.3 is 20.6 Å². The number of carbonyl (C=O) groups is 3. The van der Waals surface area contributed by atoms with E-state index in [1.165, 1.54) is 12.4 Å². The van der Waals surface area contributed by atoms with Gasteiger partial charge in [0.1, 0.15) is 6.04 Å². The van der Waals surface area contributed by atoms with Crippen molar-refractivity contribution in [1.29, 1.82) is 0 Å². The standard InChI is InChI=1S/C23H26N4O5.CH4/c1-15(28)21(23(31)26-32)25-22(30)18-10-6-16(7-11-18)4-5-17-8-12-19(13-9-17)24-20(29)14-27(2)3;/h6-13,15,21,28,32H,14H2,1-3H3,(H,24,29)(H,25,30)(H,26,31);1H4/t15-,21+;/m1./s1. The lowest BCUT2D eigenvalue weighted by Crippen LogP contribution is -2.51. The summed E-state index contributed by atoms with van der Waals surface area (Å²) in [4.78, 5) is 37.4. The molecule has 0 aliphatic rings. The molecule has 3 amide bonds. The number of hydroxylamine groups is 1. The third-order valence-electron chi connectivity index (χ3n) is 4.29. The molecule has 5 N–H and O–H groups in total. The van der Waals surface area contributed by atoms with Gasteiger partial charge in [0.25, 0.3) is 11.8 Å². The summed E-state index contributed by atoms with van der Waals surface area (Å²) < 4.78 is 0. The number of nitrogens with one attached hydrogen (secondary N) is 3. The summed E-state index contributed by atoms with van der Waals surface area (Å²) in [5.41, 5.74) is 3.79. The van der Waals surface area contributed by atoms with Crippen molar-refractivity contribution in [2.45, 2.75) is 26.5 Å². The highest BCUT2D eigenvalue weighted by molar-refractivity contribution is 5.97. The molecule has 33 heavy (non-hydrogen) atoms. The van der Waals surface area contributed by atoms with Crippen LogP contribution >= 0.6 is 0 Å². The van der Waals surface area contributed by atoms with Crippen LogP contribution in [0.3, 0.4) is 0 Å². The van der Waals surface area contributed by atoms with Gasteiger partial charge in [-0.15, -0.1) is 0 Å². The number of likely N-dealkylation sites (N-methyl/N-ethyl adjacent to an activating group) is 1. The van der Waals surface area contributed by atoms with Gasteiger partial charge in [-0.1, -0.05) is 19.3 Å². The zero-order valence-electron chi connectivity index (χ0n) is 18.0. The van der Waals surface area contributed by atoms with Crippen molar-refractivity contribution in [1.82, 2.24) is 15.7 Å². The zero-order valence-corrected chi connectivity index (χ0v) is 18.0. The Bertz CT molecular complexity index is 1010. The van der Waals surface area contributed by atoms with E-state index in [0.717, 1.165) is 5.56 Å². The summed E-state index contributed by atoms with van der Waals surface area (Å²) in [5.74, 6) is 4.40. The summed E-state index contributed by atoms with van der Waals surface area (Å²) in [6, 6.07) is 12.2. The average Bonchev–Trinajstić information content (AvgIpc) is 2.75. The minimum atomic E-state index is -1.29. The molecule has 0 unspecified atom stereocenters. The highest BCUT2D eigenvalue weighted by Crippen LogP contribution is 2.10. The number of hydrogen-bond acceptors (Lipinski definition) is 6. The largest absolute Gasteiger partial charge is 0.391 e. The topological polar surface area (TPSA) is 131 Å². The first-order valence-corrected chi connectivity index (χ1v) is 9.79. The van der Waals surface area contributed by atoms with Gasteiger partial charge in [0, 0.05) is 22.4 Å². The molecule has 0 saturated heterocycles. The first kappa shape index (κ1) is 27.3. The van der Waals surface area contributed by atoms with Gasteiger partial charge in [0.15, 0.2) is 0 Å². The van der Waals surface area contributed by atoms with Gasteiger partial charge >= 0.3 is 0 Å². The summed E-state index contributed by atoms with van der Waals surface area (Å²) in [5, 5.41) is 23.5. The number of aliphatic hydroxyl groups is 1. The van der Waals surface area contributed by atoms with Crippen LogP contribution in [0.2, 0.25) is 0 Å².